The molecule has 0 radical (unpaired) electrons. The van der Waals surface area contributed by atoms with Crippen molar-refractivity contribution in [2.24, 2.45) is 0 Å². The summed E-state index contributed by atoms with van der Waals surface area (Å²) in [6.45, 7) is 3.30. The normalized spacial score (nSPS) is 11.6. The van der Waals surface area contributed by atoms with Gasteiger partial charge in [-0.25, -0.2) is 4.79 Å². The molecule has 0 heterocycles. The van der Waals surface area contributed by atoms with Crippen LogP contribution >= 0.6 is 0 Å². The van der Waals surface area contributed by atoms with Crippen LogP contribution in [-0.2, 0) is 23.9 Å². The molecular formula is C9H14O6. The van der Waals surface area contributed by atoms with Gasteiger partial charge in [-0.05, 0) is 6.92 Å². The minimum atomic E-state index is -1.46. The Morgan fingerprint density at radius 3 is 2.20 bits per heavy atom. The van der Waals surface area contributed by atoms with E-state index in [2.05, 4.69) is 9.47 Å². The molecular weight excluding hydrogens is 204 g/mol. The number of ether oxygens (including phenoxy) is 2. The first-order chi connectivity index (χ1) is 7.01. The Kier molecular flexibility index (Phi) is 6.08. The monoisotopic (exact) mass is 218 g/mol. The fraction of sp³-hybridized carbons (Fsp3) is 0.667. The second kappa shape index (κ2) is 6.80. The molecule has 6 heteroatoms. The molecule has 1 unspecified atom stereocenters. The quantitative estimate of drug-likeness (QED) is 0.647. The third-order valence-electron chi connectivity index (χ3n) is 1.50. The molecule has 0 fully saturated rings. The van der Waals surface area contributed by atoms with E-state index in [1.165, 1.54) is 6.92 Å². The first-order valence-corrected chi connectivity index (χ1v) is 4.59. The van der Waals surface area contributed by atoms with Crippen LogP contribution in [0.2, 0.25) is 0 Å². The fourth-order valence-corrected chi connectivity index (χ4v) is 0.793. The van der Waals surface area contributed by atoms with Crippen LogP contribution in [0.5, 0.6) is 0 Å². The van der Waals surface area contributed by atoms with Crippen LogP contribution in [0.4, 0.5) is 0 Å². The predicted octanol–water partition coefficient (Wildman–Crippen LogP) is 0.346. The Morgan fingerprint density at radius 1 is 1.20 bits per heavy atom. The Hall–Kier alpha value is -1.59. The summed E-state index contributed by atoms with van der Waals surface area (Å²) in [6, 6.07) is 0. The number of hydrogen-bond donors (Lipinski definition) is 1. The van der Waals surface area contributed by atoms with Gasteiger partial charge in [-0.3, -0.25) is 9.59 Å². The van der Waals surface area contributed by atoms with Crippen molar-refractivity contribution >= 4 is 17.9 Å². The summed E-state index contributed by atoms with van der Waals surface area (Å²) in [6.07, 6.45) is -1.86. The van der Waals surface area contributed by atoms with E-state index in [4.69, 9.17) is 5.11 Å². The Bertz CT molecular complexity index is 247. The zero-order valence-electron chi connectivity index (χ0n) is 8.69. The van der Waals surface area contributed by atoms with E-state index in [0.29, 0.717) is 0 Å². The number of aliphatic carboxylic acids is 1. The molecule has 0 aliphatic carbocycles. The van der Waals surface area contributed by atoms with Gasteiger partial charge in [-0.15, -0.1) is 0 Å². The van der Waals surface area contributed by atoms with Crippen LogP contribution in [-0.4, -0.2) is 35.7 Å². The lowest BCUT2D eigenvalue weighted by Gasteiger charge is -2.12. The molecule has 1 N–H and O–H groups in total. The molecule has 0 aromatic rings. The average Bonchev–Trinajstić information content (AvgIpc) is 2.16. The molecule has 0 amide bonds. The van der Waals surface area contributed by atoms with Crippen LogP contribution in [0.1, 0.15) is 26.7 Å². The van der Waals surface area contributed by atoms with Crippen LogP contribution < -0.4 is 0 Å². The van der Waals surface area contributed by atoms with Gasteiger partial charge in [0, 0.05) is 6.42 Å². The highest BCUT2D eigenvalue weighted by atomic mass is 16.6. The summed E-state index contributed by atoms with van der Waals surface area (Å²) in [5.74, 6) is -2.72. The molecule has 1 atom stereocenters. The summed E-state index contributed by atoms with van der Waals surface area (Å²) >= 11 is 0. The number of hydrogen-bond acceptors (Lipinski definition) is 5. The van der Waals surface area contributed by atoms with E-state index < -0.39 is 30.4 Å². The molecule has 86 valence electrons. The smallest absolute Gasteiger partial charge is 0.345 e. The number of carboxylic acid groups (broad SMARTS) is 1. The van der Waals surface area contributed by atoms with Crippen molar-refractivity contribution in [1.82, 2.24) is 0 Å². The maximum atomic E-state index is 11.0. The molecule has 0 aromatic heterocycles. The fourth-order valence-electron chi connectivity index (χ4n) is 0.793. The number of carbonyl (C=O) groups excluding carboxylic acids is 2. The van der Waals surface area contributed by atoms with Gasteiger partial charge in [0.15, 0.2) is 0 Å². The molecule has 6 nitrogen and oxygen atoms in total. The molecule has 0 rings (SSSR count). The highest BCUT2D eigenvalue weighted by Gasteiger charge is 2.25. The van der Waals surface area contributed by atoms with Crippen molar-refractivity contribution in [2.75, 3.05) is 6.61 Å². The van der Waals surface area contributed by atoms with E-state index in [0.717, 1.165) is 0 Å². The number of esters is 2. The van der Waals surface area contributed by atoms with Gasteiger partial charge in [-0.2, -0.15) is 0 Å². The van der Waals surface area contributed by atoms with Crippen molar-refractivity contribution in [2.45, 2.75) is 32.8 Å². The molecule has 0 saturated heterocycles. The number of rotatable bonds is 6. The maximum Gasteiger partial charge on any atom is 0.345 e. The Morgan fingerprint density at radius 2 is 1.80 bits per heavy atom. The van der Waals surface area contributed by atoms with Crippen molar-refractivity contribution < 1.29 is 29.0 Å². The van der Waals surface area contributed by atoms with Crippen LogP contribution in [0.25, 0.3) is 0 Å². The van der Waals surface area contributed by atoms with Crippen LogP contribution in [0, 0.1) is 0 Å². The van der Waals surface area contributed by atoms with Gasteiger partial charge in [0.2, 0.25) is 6.10 Å². The molecule has 0 spiro atoms. The number of carbonyl (C=O) groups is 3. The molecule has 15 heavy (non-hydrogen) atoms. The van der Waals surface area contributed by atoms with E-state index in [9.17, 15) is 14.4 Å². The molecule has 0 aliphatic heterocycles. The molecule has 0 saturated carbocycles. The molecule has 0 aromatic carbocycles. The Labute approximate surface area is 87.2 Å². The largest absolute Gasteiger partial charge is 0.478 e. The highest BCUT2D eigenvalue weighted by molar-refractivity contribution is 5.83. The molecule has 0 bridgehead atoms. The summed E-state index contributed by atoms with van der Waals surface area (Å²) in [5.41, 5.74) is 0. The minimum Gasteiger partial charge on any atom is -0.478 e. The van der Waals surface area contributed by atoms with Crippen molar-refractivity contribution in [3.8, 4) is 0 Å². The SMILES string of the molecule is CCOC(=O)CC(OC(=O)CC)C(=O)O. The summed E-state index contributed by atoms with van der Waals surface area (Å²) in [4.78, 5) is 32.4. The van der Waals surface area contributed by atoms with Gasteiger partial charge in [-0.1, -0.05) is 6.92 Å². The summed E-state index contributed by atoms with van der Waals surface area (Å²) in [5, 5.41) is 8.65. The second-order valence-corrected chi connectivity index (χ2v) is 2.68. The van der Waals surface area contributed by atoms with E-state index in [-0.39, 0.29) is 13.0 Å². The third kappa shape index (κ3) is 5.66. The zero-order chi connectivity index (χ0) is 11.8. The lowest BCUT2D eigenvalue weighted by molar-refractivity contribution is -0.168. The number of carboxylic acids is 1. The van der Waals surface area contributed by atoms with Crippen LogP contribution in [0.3, 0.4) is 0 Å². The first kappa shape index (κ1) is 13.4. The van der Waals surface area contributed by atoms with E-state index in [1.54, 1.807) is 6.92 Å². The zero-order valence-corrected chi connectivity index (χ0v) is 8.69. The van der Waals surface area contributed by atoms with Gasteiger partial charge in [0.25, 0.3) is 0 Å². The molecule has 0 aliphatic rings. The highest BCUT2D eigenvalue weighted by Crippen LogP contribution is 2.03. The second-order valence-electron chi connectivity index (χ2n) is 2.68. The maximum absolute atomic E-state index is 11.0. The Balaban J connectivity index is 4.22. The van der Waals surface area contributed by atoms with Crippen molar-refractivity contribution in [1.29, 1.82) is 0 Å². The van der Waals surface area contributed by atoms with Crippen LogP contribution in [0.15, 0.2) is 0 Å². The van der Waals surface area contributed by atoms with Gasteiger partial charge >= 0.3 is 17.9 Å². The average molecular weight is 218 g/mol. The van der Waals surface area contributed by atoms with E-state index >= 15 is 0 Å². The third-order valence-corrected chi connectivity index (χ3v) is 1.50. The minimum absolute atomic E-state index is 0.0621. The topological polar surface area (TPSA) is 89.9 Å². The van der Waals surface area contributed by atoms with Gasteiger partial charge in [0.1, 0.15) is 0 Å². The first-order valence-electron chi connectivity index (χ1n) is 4.59. The standard InChI is InChI=1S/C9H14O6/c1-3-7(10)15-6(9(12)13)5-8(11)14-4-2/h6H,3-5H2,1-2H3,(H,12,13). The van der Waals surface area contributed by atoms with Crippen molar-refractivity contribution in [3.05, 3.63) is 0 Å². The summed E-state index contributed by atoms with van der Waals surface area (Å²) < 4.78 is 9.08. The van der Waals surface area contributed by atoms with E-state index in [1.807, 2.05) is 0 Å². The van der Waals surface area contributed by atoms with Crippen molar-refractivity contribution in [3.63, 3.8) is 0 Å². The lowest BCUT2D eigenvalue weighted by atomic mass is 10.2. The summed E-state index contributed by atoms with van der Waals surface area (Å²) in [7, 11) is 0. The van der Waals surface area contributed by atoms with Gasteiger partial charge in [0.05, 0.1) is 13.0 Å². The predicted molar refractivity (Wildman–Crippen MR) is 49.1 cm³/mol. The lowest BCUT2D eigenvalue weighted by Crippen LogP contribution is -2.30. The van der Waals surface area contributed by atoms with Gasteiger partial charge < -0.3 is 14.6 Å².